The number of hydrogen-bond donors (Lipinski definition) is 1. The molecule has 0 saturated carbocycles. The van der Waals surface area contributed by atoms with Crippen LogP contribution in [0.3, 0.4) is 0 Å². The van der Waals surface area contributed by atoms with Crippen LogP contribution in [0.15, 0.2) is 46.7 Å². The maximum absolute atomic E-state index is 9.91. The van der Waals surface area contributed by atoms with Gasteiger partial charge in [-0.05, 0) is 17.0 Å². The molecule has 88 valence electrons. The summed E-state index contributed by atoms with van der Waals surface area (Å²) in [6.07, 6.45) is 5.96. The Morgan fingerprint density at radius 1 is 1.24 bits per heavy atom. The van der Waals surface area contributed by atoms with Gasteiger partial charge in [-0.2, -0.15) is 0 Å². The van der Waals surface area contributed by atoms with E-state index in [9.17, 15) is 4.79 Å². The van der Waals surface area contributed by atoms with E-state index >= 15 is 0 Å². The van der Waals surface area contributed by atoms with Crippen LogP contribution in [0.25, 0.3) is 6.08 Å². The monoisotopic (exact) mass is 247 g/mol. The van der Waals surface area contributed by atoms with E-state index in [1.54, 1.807) is 11.8 Å². The number of ether oxygens (including phenoxy) is 1. The minimum atomic E-state index is -0.296. The summed E-state index contributed by atoms with van der Waals surface area (Å²) in [7, 11) is 0. The van der Waals surface area contributed by atoms with E-state index in [-0.39, 0.29) is 6.09 Å². The number of amides is 1. The number of rotatable bonds is 0. The van der Waals surface area contributed by atoms with Crippen molar-refractivity contribution in [2.45, 2.75) is 4.90 Å². The molecule has 0 aromatic heterocycles. The summed E-state index contributed by atoms with van der Waals surface area (Å²) in [4.78, 5) is 11.2. The van der Waals surface area contributed by atoms with Crippen molar-refractivity contribution < 1.29 is 9.53 Å². The highest BCUT2D eigenvalue weighted by molar-refractivity contribution is 8.02. The Labute approximate surface area is 105 Å². The zero-order valence-corrected chi connectivity index (χ0v) is 10.1. The lowest BCUT2D eigenvalue weighted by molar-refractivity contribution is 0.178. The van der Waals surface area contributed by atoms with Crippen molar-refractivity contribution in [3.8, 4) is 0 Å². The predicted molar refractivity (Wildman–Crippen MR) is 69.8 cm³/mol. The fraction of sp³-hybridized carbons (Fsp3) is 0.154. The number of carbonyl (C=O) groups is 1. The zero-order valence-electron chi connectivity index (χ0n) is 9.26. The molecule has 1 saturated heterocycles. The van der Waals surface area contributed by atoms with Gasteiger partial charge in [0.1, 0.15) is 6.61 Å². The molecule has 3 nitrogen and oxygen atoms in total. The molecule has 0 radical (unpaired) electrons. The Morgan fingerprint density at radius 2 is 2.12 bits per heavy atom. The molecule has 1 N–H and O–H groups in total. The summed E-state index contributed by atoms with van der Waals surface area (Å²) in [5, 5.41) is 4.56. The van der Waals surface area contributed by atoms with Gasteiger partial charge in [-0.3, -0.25) is 0 Å². The van der Waals surface area contributed by atoms with Gasteiger partial charge in [-0.1, -0.05) is 48.2 Å². The second-order valence-corrected chi connectivity index (χ2v) is 4.35. The topological polar surface area (TPSA) is 38.3 Å². The van der Waals surface area contributed by atoms with Crippen LogP contribution in [0.1, 0.15) is 5.56 Å². The first kappa shape index (κ1) is 11.8. The summed E-state index contributed by atoms with van der Waals surface area (Å²) in [6, 6.07) is 8.40. The lowest BCUT2D eigenvalue weighted by atomic mass is 10.2. The van der Waals surface area contributed by atoms with Crippen LogP contribution in [-0.4, -0.2) is 19.2 Å². The van der Waals surface area contributed by atoms with Gasteiger partial charge in [0.2, 0.25) is 0 Å². The average Bonchev–Trinajstić information content (AvgIpc) is 2.70. The highest BCUT2D eigenvalue weighted by atomic mass is 32.2. The SMILES string of the molecule is C1=CSc2ccccc2C=C1.O=C1NCCO1. The quantitative estimate of drug-likeness (QED) is 0.765. The van der Waals surface area contributed by atoms with E-state index in [1.807, 2.05) is 0 Å². The molecule has 17 heavy (non-hydrogen) atoms. The molecule has 0 unspecified atom stereocenters. The fourth-order valence-electron chi connectivity index (χ4n) is 1.39. The number of allylic oxidation sites excluding steroid dienone is 2. The van der Waals surface area contributed by atoms with Gasteiger partial charge in [0.15, 0.2) is 0 Å². The van der Waals surface area contributed by atoms with Gasteiger partial charge in [0, 0.05) is 4.90 Å². The van der Waals surface area contributed by atoms with Crippen molar-refractivity contribution in [1.82, 2.24) is 5.32 Å². The summed E-state index contributed by atoms with van der Waals surface area (Å²) < 4.78 is 4.40. The summed E-state index contributed by atoms with van der Waals surface area (Å²) in [5.41, 5.74) is 1.31. The van der Waals surface area contributed by atoms with Gasteiger partial charge in [-0.15, -0.1) is 0 Å². The Morgan fingerprint density at radius 3 is 2.82 bits per heavy atom. The van der Waals surface area contributed by atoms with Crippen LogP contribution in [0, 0.1) is 0 Å². The maximum Gasteiger partial charge on any atom is 0.407 e. The fourth-order valence-corrected chi connectivity index (χ4v) is 2.14. The van der Waals surface area contributed by atoms with Gasteiger partial charge >= 0.3 is 6.09 Å². The Kier molecular flexibility index (Phi) is 4.27. The number of nitrogens with one attached hydrogen (secondary N) is 1. The lowest BCUT2D eigenvalue weighted by Gasteiger charge is -1.98. The molecule has 4 heteroatoms. The van der Waals surface area contributed by atoms with Crippen LogP contribution in [0.4, 0.5) is 4.79 Å². The van der Waals surface area contributed by atoms with Crippen molar-refractivity contribution in [3.05, 3.63) is 47.4 Å². The van der Waals surface area contributed by atoms with E-state index in [0.29, 0.717) is 13.2 Å². The second-order valence-electron chi connectivity index (χ2n) is 3.41. The van der Waals surface area contributed by atoms with E-state index in [1.165, 1.54) is 10.5 Å². The van der Waals surface area contributed by atoms with Gasteiger partial charge in [-0.25, -0.2) is 4.79 Å². The molecular formula is C13H13NO2S. The van der Waals surface area contributed by atoms with Crippen molar-refractivity contribution in [2.75, 3.05) is 13.2 Å². The zero-order chi connectivity index (χ0) is 11.9. The minimum Gasteiger partial charge on any atom is -0.448 e. The molecule has 0 spiro atoms. The molecule has 1 aromatic carbocycles. The van der Waals surface area contributed by atoms with Crippen LogP contribution >= 0.6 is 11.8 Å². The third kappa shape index (κ3) is 3.67. The molecule has 3 rings (SSSR count). The van der Waals surface area contributed by atoms with E-state index in [4.69, 9.17) is 0 Å². The molecule has 0 aliphatic carbocycles. The number of fused-ring (bicyclic) bond motifs is 1. The van der Waals surface area contributed by atoms with Crippen molar-refractivity contribution >= 4 is 23.9 Å². The van der Waals surface area contributed by atoms with Crippen molar-refractivity contribution in [2.24, 2.45) is 0 Å². The first-order valence-electron chi connectivity index (χ1n) is 5.36. The van der Waals surface area contributed by atoms with Crippen LogP contribution in [0.2, 0.25) is 0 Å². The molecule has 1 amide bonds. The van der Waals surface area contributed by atoms with Gasteiger partial charge in [0.25, 0.3) is 0 Å². The normalized spacial score (nSPS) is 16.1. The third-order valence-corrected chi connectivity index (χ3v) is 3.10. The molecule has 1 fully saturated rings. The number of hydrogen-bond acceptors (Lipinski definition) is 3. The molecule has 0 atom stereocenters. The van der Waals surface area contributed by atoms with E-state index in [0.717, 1.165) is 0 Å². The van der Waals surface area contributed by atoms with Gasteiger partial charge < -0.3 is 10.1 Å². The van der Waals surface area contributed by atoms with Gasteiger partial charge in [0.05, 0.1) is 6.54 Å². The number of cyclic esters (lactones) is 1. The van der Waals surface area contributed by atoms with Crippen LogP contribution < -0.4 is 5.32 Å². The standard InChI is InChI=1S/C10H8S.C3H5NO2/c1-2-7-10-9(5-1)6-3-4-8-11-10;5-3-4-1-2-6-3/h1-8H;1-2H2,(H,4,5). The number of benzene rings is 1. The highest BCUT2D eigenvalue weighted by Crippen LogP contribution is 2.26. The minimum absolute atomic E-state index is 0.296. The second kappa shape index (κ2) is 6.15. The van der Waals surface area contributed by atoms with E-state index < -0.39 is 0 Å². The molecule has 2 aliphatic rings. The summed E-state index contributed by atoms with van der Waals surface area (Å²) >= 11 is 1.77. The number of thioether (sulfide) groups is 1. The summed E-state index contributed by atoms with van der Waals surface area (Å²) in [6.45, 7) is 1.19. The number of carbonyl (C=O) groups excluding carboxylic acids is 1. The Balaban J connectivity index is 0.000000153. The Hall–Kier alpha value is -1.68. The van der Waals surface area contributed by atoms with Crippen LogP contribution in [0.5, 0.6) is 0 Å². The first-order valence-corrected chi connectivity index (χ1v) is 6.24. The van der Waals surface area contributed by atoms with E-state index in [2.05, 4.69) is 58.0 Å². The average molecular weight is 247 g/mol. The summed E-state index contributed by atoms with van der Waals surface area (Å²) in [5.74, 6) is 0. The Bertz CT molecular complexity index is 446. The van der Waals surface area contributed by atoms with Crippen LogP contribution in [-0.2, 0) is 4.74 Å². The van der Waals surface area contributed by atoms with Crippen molar-refractivity contribution in [3.63, 3.8) is 0 Å². The first-order chi connectivity index (χ1) is 8.36. The largest absolute Gasteiger partial charge is 0.448 e. The highest BCUT2D eigenvalue weighted by Gasteiger charge is 2.06. The smallest absolute Gasteiger partial charge is 0.407 e. The molecule has 1 aromatic rings. The van der Waals surface area contributed by atoms with Crippen molar-refractivity contribution in [1.29, 1.82) is 0 Å². The third-order valence-electron chi connectivity index (χ3n) is 2.18. The predicted octanol–water partition coefficient (Wildman–Crippen LogP) is 3.05. The molecule has 2 heterocycles. The maximum atomic E-state index is 9.91. The molecule has 0 bridgehead atoms. The molecular weight excluding hydrogens is 234 g/mol. The number of alkyl carbamates (subject to hydrolysis) is 1. The molecule has 2 aliphatic heterocycles. The lowest BCUT2D eigenvalue weighted by Crippen LogP contribution is -2.11.